The first-order chi connectivity index (χ1) is 8.87. The SMILES string of the molecule is CC(C)(C)CCS(=O)(=O)N1CCCC(C)(C)C1C(=O)O. The first kappa shape index (κ1) is 17.4. The topological polar surface area (TPSA) is 74.7 Å². The maximum atomic E-state index is 12.5. The van der Waals surface area contributed by atoms with Crippen LogP contribution in [0.5, 0.6) is 0 Å². The Morgan fingerprint density at radius 1 is 1.35 bits per heavy atom. The third-order valence-electron chi connectivity index (χ3n) is 3.93. The highest BCUT2D eigenvalue weighted by atomic mass is 32.2. The average Bonchev–Trinajstić information content (AvgIpc) is 2.23. The van der Waals surface area contributed by atoms with E-state index in [1.54, 1.807) is 0 Å². The lowest BCUT2D eigenvalue weighted by molar-refractivity contribution is -0.147. The van der Waals surface area contributed by atoms with Crippen LogP contribution >= 0.6 is 0 Å². The molecule has 1 fully saturated rings. The van der Waals surface area contributed by atoms with Crippen molar-refractivity contribution in [1.29, 1.82) is 0 Å². The largest absolute Gasteiger partial charge is 0.480 e. The Hall–Kier alpha value is -0.620. The molecule has 0 spiro atoms. The molecule has 5 nitrogen and oxygen atoms in total. The first-order valence-corrected chi connectivity index (χ1v) is 8.70. The second-order valence-corrected chi connectivity index (χ2v) is 9.61. The fourth-order valence-corrected chi connectivity index (χ4v) is 4.86. The van der Waals surface area contributed by atoms with E-state index in [1.165, 1.54) is 4.31 Å². The lowest BCUT2D eigenvalue weighted by atomic mass is 9.77. The van der Waals surface area contributed by atoms with Gasteiger partial charge in [0.1, 0.15) is 6.04 Å². The van der Waals surface area contributed by atoms with Gasteiger partial charge in [-0.3, -0.25) is 4.79 Å². The second kappa shape index (κ2) is 5.64. The molecule has 0 aliphatic carbocycles. The molecule has 1 rings (SSSR count). The highest BCUT2D eigenvalue weighted by Crippen LogP contribution is 2.37. The van der Waals surface area contributed by atoms with Gasteiger partial charge in [-0.15, -0.1) is 0 Å². The molecule has 1 atom stereocenters. The zero-order valence-corrected chi connectivity index (χ0v) is 14.0. The van der Waals surface area contributed by atoms with Crippen molar-refractivity contribution in [1.82, 2.24) is 4.31 Å². The van der Waals surface area contributed by atoms with Crippen molar-refractivity contribution in [3.05, 3.63) is 0 Å². The summed E-state index contributed by atoms with van der Waals surface area (Å²) >= 11 is 0. The van der Waals surface area contributed by atoms with Crippen molar-refractivity contribution in [2.75, 3.05) is 12.3 Å². The zero-order valence-electron chi connectivity index (χ0n) is 13.1. The molecule has 0 aromatic heterocycles. The third kappa shape index (κ3) is 4.19. The van der Waals surface area contributed by atoms with Crippen molar-refractivity contribution >= 4 is 16.0 Å². The predicted octanol–water partition coefficient (Wildman–Crippen LogP) is 2.33. The van der Waals surface area contributed by atoms with E-state index in [1.807, 2.05) is 34.6 Å². The summed E-state index contributed by atoms with van der Waals surface area (Å²) in [6, 6.07) is -0.957. The molecule has 1 saturated heterocycles. The molecule has 0 amide bonds. The normalized spacial score (nSPS) is 24.6. The number of carboxylic acids is 1. The molecule has 20 heavy (non-hydrogen) atoms. The van der Waals surface area contributed by atoms with Crippen LogP contribution in [0.25, 0.3) is 0 Å². The van der Waals surface area contributed by atoms with E-state index in [-0.39, 0.29) is 11.2 Å². The Morgan fingerprint density at radius 2 is 1.90 bits per heavy atom. The van der Waals surface area contributed by atoms with Gasteiger partial charge in [0.15, 0.2) is 0 Å². The molecule has 1 heterocycles. The smallest absolute Gasteiger partial charge is 0.322 e. The summed E-state index contributed by atoms with van der Waals surface area (Å²) in [4.78, 5) is 11.5. The summed E-state index contributed by atoms with van der Waals surface area (Å²) in [5, 5.41) is 9.43. The van der Waals surface area contributed by atoms with Gasteiger partial charge in [0.25, 0.3) is 0 Å². The van der Waals surface area contributed by atoms with Gasteiger partial charge in [-0.2, -0.15) is 4.31 Å². The quantitative estimate of drug-likeness (QED) is 0.865. The molecule has 1 aliphatic heterocycles. The van der Waals surface area contributed by atoms with E-state index in [2.05, 4.69) is 0 Å². The number of rotatable bonds is 4. The number of hydrogen-bond donors (Lipinski definition) is 1. The minimum atomic E-state index is -3.53. The molecule has 0 radical (unpaired) electrons. The van der Waals surface area contributed by atoms with Crippen molar-refractivity contribution in [2.24, 2.45) is 10.8 Å². The number of carbonyl (C=O) groups is 1. The number of carboxylic acid groups (broad SMARTS) is 1. The van der Waals surface area contributed by atoms with Gasteiger partial charge in [0.2, 0.25) is 10.0 Å². The van der Waals surface area contributed by atoms with Crippen LogP contribution in [0.4, 0.5) is 0 Å². The van der Waals surface area contributed by atoms with Crippen LogP contribution in [0.15, 0.2) is 0 Å². The molecular formula is C14H27NO4S. The molecular weight excluding hydrogens is 278 g/mol. The average molecular weight is 305 g/mol. The number of aliphatic carboxylic acids is 1. The lowest BCUT2D eigenvalue weighted by Gasteiger charge is -2.43. The monoisotopic (exact) mass is 305 g/mol. The molecule has 1 unspecified atom stereocenters. The standard InChI is InChI=1S/C14H27NO4S/c1-13(2,3)8-10-20(18,19)15-9-6-7-14(4,5)11(15)12(16)17/h11H,6-10H2,1-5H3,(H,16,17). The first-order valence-electron chi connectivity index (χ1n) is 7.09. The molecule has 1 aliphatic rings. The maximum Gasteiger partial charge on any atom is 0.322 e. The molecule has 0 aromatic carbocycles. The van der Waals surface area contributed by atoms with Gasteiger partial charge in [0.05, 0.1) is 5.75 Å². The van der Waals surface area contributed by atoms with Crippen molar-refractivity contribution < 1.29 is 18.3 Å². The van der Waals surface area contributed by atoms with E-state index >= 15 is 0 Å². The maximum absolute atomic E-state index is 12.5. The Kier molecular flexibility index (Phi) is 4.91. The molecule has 6 heteroatoms. The Labute approximate surface area is 122 Å². The predicted molar refractivity (Wildman–Crippen MR) is 79.0 cm³/mol. The zero-order chi connectivity index (χ0) is 15.8. The van der Waals surface area contributed by atoms with E-state index in [9.17, 15) is 18.3 Å². The summed E-state index contributed by atoms with van der Waals surface area (Å²) in [5.41, 5.74) is -0.615. The van der Waals surface area contributed by atoms with Gasteiger partial charge >= 0.3 is 5.97 Å². The van der Waals surface area contributed by atoms with Gasteiger partial charge in [-0.1, -0.05) is 34.6 Å². The lowest BCUT2D eigenvalue weighted by Crippen LogP contribution is -2.56. The van der Waals surface area contributed by atoms with E-state index in [0.717, 1.165) is 6.42 Å². The van der Waals surface area contributed by atoms with Crippen molar-refractivity contribution in [3.8, 4) is 0 Å². The van der Waals surface area contributed by atoms with Gasteiger partial charge in [-0.05, 0) is 30.1 Å². The number of hydrogen-bond acceptors (Lipinski definition) is 3. The molecule has 118 valence electrons. The second-order valence-electron chi connectivity index (χ2n) is 7.57. The summed E-state index contributed by atoms with van der Waals surface area (Å²) in [6.45, 7) is 9.92. The summed E-state index contributed by atoms with van der Waals surface area (Å²) in [6.07, 6.45) is 1.97. The highest BCUT2D eigenvalue weighted by Gasteiger charge is 2.47. The van der Waals surface area contributed by atoms with E-state index < -0.39 is 27.4 Å². The summed E-state index contributed by atoms with van der Waals surface area (Å²) in [7, 11) is -3.53. The van der Waals surface area contributed by atoms with Crippen molar-refractivity contribution in [2.45, 2.75) is 59.9 Å². The minimum absolute atomic E-state index is 0.0103. The van der Waals surface area contributed by atoms with E-state index in [4.69, 9.17) is 0 Å². The molecule has 0 bridgehead atoms. The van der Waals surface area contributed by atoms with Crippen LogP contribution in [0.1, 0.15) is 53.9 Å². The Morgan fingerprint density at radius 3 is 2.35 bits per heavy atom. The van der Waals surface area contributed by atoms with Crippen LogP contribution in [0.3, 0.4) is 0 Å². The van der Waals surface area contributed by atoms with Gasteiger partial charge in [0, 0.05) is 6.54 Å². The van der Waals surface area contributed by atoms with Crippen LogP contribution in [-0.4, -0.2) is 42.1 Å². The molecule has 1 N–H and O–H groups in total. The highest BCUT2D eigenvalue weighted by molar-refractivity contribution is 7.89. The Bertz CT molecular complexity index is 462. The fourth-order valence-electron chi connectivity index (χ4n) is 2.66. The van der Waals surface area contributed by atoms with Gasteiger partial charge < -0.3 is 5.11 Å². The van der Waals surface area contributed by atoms with Crippen LogP contribution < -0.4 is 0 Å². The third-order valence-corrected chi connectivity index (χ3v) is 5.76. The molecule has 0 saturated carbocycles. The Balaban J connectivity index is 2.99. The van der Waals surface area contributed by atoms with Crippen LogP contribution in [0, 0.1) is 10.8 Å². The van der Waals surface area contributed by atoms with E-state index in [0.29, 0.717) is 19.4 Å². The summed E-state index contributed by atoms with van der Waals surface area (Å²) in [5.74, 6) is -1.04. The summed E-state index contributed by atoms with van der Waals surface area (Å²) < 4.78 is 26.2. The van der Waals surface area contributed by atoms with Crippen LogP contribution in [0.2, 0.25) is 0 Å². The number of sulfonamides is 1. The van der Waals surface area contributed by atoms with Crippen LogP contribution in [-0.2, 0) is 14.8 Å². The molecule has 0 aromatic rings. The minimum Gasteiger partial charge on any atom is -0.480 e. The number of piperidine rings is 1. The van der Waals surface area contributed by atoms with Crippen molar-refractivity contribution in [3.63, 3.8) is 0 Å². The van der Waals surface area contributed by atoms with Gasteiger partial charge in [-0.25, -0.2) is 8.42 Å². The number of nitrogens with zero attached hydrogens (tertiary/aromatic N) is 1. The fraction of sp³-hybridized carbons (Fsp3) is 0.929.